The minimum absolute atomic E-state index is 0.103. The summed E-state index contributed by atoms with van der Waals surface area (Å²) in [5.74, 6) is -0.336. The Labute approximate surface area is 84.0 Å². The van der Waals surface area contributed by atoms with Crippen molar-refractivity contribution in [3.8, 4) is 0 Å². The lowest BCUT2D eigenvalue weighted by atomic mass is 9.69. The van der Waals surface area contributed by atoms with Crippen LogP contribution in [-0.2, 0) is 9.59 Å². The average Bonchev–Trinajstić information content (AvgIpc) is 2.16. The minimum atomic E-state index is -0.439. The van der Waals surface area contributed by atoms with E-state index in [0.29, 0.717) is 11.9 Å². The number of aldehydes is 1. The SMILES string of the molecule is C=CC1C=CC=C(C(=O)C=O)C1(C)C. The molecule has 1 rings (SSSR count). The predicted octanol–water partition coefficient (Wildman–Crippen LogP) is 2.08. The summed E-state index contributed by atoms with van der Waals surface area (Å²) in [4.78, 5) is 21.8. The van der Waals surface area contributed by atoms with Gasteiger partial charge in [-0.1, -0.05) is 38.2 Å². The Balaban J connectivity index is 3.12. The monoisotopic (exact) mass is 190 g/mol. The van der Waals surface area contributed by atoms with Gasteiger partial charge in [0.15, 0.2) is 6.29 Å². The van der Waals surface area contributed by atoms with Gasteiger partial charge in [-0.2, -0.15) is 0 Å². The molecule has 1 aliphatic rings. The third kappa shape index (κ3) is 1.60. The van der Waals surface area contributed by atoms with Crippen molar-refractivity contribution in [1.82, 2.24) is 0 Å². The van der Waals surface area contributed by atoms with E-state index in [4.69, 9.17) is 0 Å². The first-order chi connectivity index (χ1) is 6.54. The zero-order chi connectivity index (χ0) is 10.8. The maximum Gasteiger partial charge on any atom is 0.221 e. The summed E-state index contributed by atoms with van der Waals surface area (Å²) in [6, 6.07) is 0. The molecule has 0 radical (unpaired) electrons. The van der Waals surface area contributed by atoms with E-state index in [1.165, 1.54) is 0 Å². The summed E-state index contributed by atoms with van der Waals surface area (Å²) in [5, 5.41) is 0. The molecular formula is C12H14O2. The number of hydrogen-bond acceptors (Lipinski definition) is 2. The first-order valence-electron chi connectivity index (χ1n) is 4.55. The number of hydrogen-bond donors (Lipinski definition) is 0. The molecule has 0 bridgehead atoms. The first-order valence-corrected chi connectivity index (χ1v) is 4.55. The second kappa shape index (κ2) is 3.74. The summed E-state index contributed by atoms with van der Waals surface area (Å²) in [6.07, 6.45) is 7.65. The van der Waals surface area contributed by atoms with Crippen LogP contribution in [0.1, 0.15) is 13.8 Å². The van der Waals surface area contributed by atoms with Crippen molar-refractivity contribution < 1.29 is 9.59 Å². The van der Waals surface area contributed by atoms with E-state index in [9.17, 15) is 9.59 Å². The number of rotatable bonds is 3. The lowest BCUT2D eigenvalue weighted by Crippen LogP contribution is -2.30. The van der Waals surface area contributed by atoms with Crippen LogP contribution in [0.4, 0.5) is 0 Å². The highest BCUT2D eigenvalue weighted by Crippen LogP contribution is 2.39. The molecule has 14 heavy (non-hydrogen) atoms. The van der Waals surface area contributed by atoms with Gasteiger partial charge in [0, 0.05) is 16.9 Å². The van der Waals surface area contributed by atoms with E-state index in [2.05, 4.69) is 6.58 Å². The van der Waals surface area contributed by atoms with Crippen molar-refractivity contribution in [2.45, 2.75) is 13.8 Å². The predicted molar refractivity (Wildman–Crippen MR) is 55.8 cm³/mol. The van der Waals surface area contributed by atoms with E-state index in [1.807, 2.05) is 19.9 Å². The summed E-state index contributed by atoms with van der Waals surface area (Å²) in [6.45, 7) is 7.60. The van der Waals surface area contributed by atoms with Crippen molar-refractivity contribution in [2.75, 3.05) is 0 Å². The second-order valence-electron chi connectivity index (χ2n) is 3.93. The number of allylic oxidation sites excluding steroid dienone is 5. The first kappa shape index (κ1) is 10.6. The van der Waals surface area contributed by atoms with Crippen LogP contribution in [-0.4, -0.2) is 12.1 Å². The fraction of sp³-hybridized carbons (Fsp3) is 0.333. The molecule has 0 aromatic rings. The Morgan fingerprint density at radius 3 is 2.71 bits per heavy atom. The van der Waals surface area contributed by atoms with Crippen molar-refractivity contribution in [3.63, 3.8) is 0 Å². The molecule has 1 unspecified atom stereocenters. The topological polar surface area (TPSA) is 34.1 Å². The van der Waals surface area contributed by atoms with Gasteiger partial charge >= 0.3 is 0 Å². The number of carbonyl (C=O) groups is 2. The summed E-state index contributed by atoms with van der Waals surface area (Å²) in [7, 11) is 0. The molecule has 0 N–H and O–H groups in total. The lowest BCUT2D eigenvalue weighted by molar-refractivity contribution is -0.128. The summed E-state index contributed by atoms with van der Waals surface area (Å²) in [5.41, 5.74) is 0.217. The van der Waals surface area contributed by atoms with Crippen LogP contribution in [0.15, 0.2) is 36.5 Å². The van der Waals surface area contributed by atoms with E-state index >= 15 is 0 Å². The van der Waals surface area contributed by atoms with E-state index < -0.39 is 5.78 Å². The number of ketones is 1. The quantitative estimate of drug-likeness (QED) is 0.388. The fourth-order valence-corrected chi connectivity index (χ4v) is 1.74. The maximum absolute atomic E-state index is 11.3. The molecule has 74 valence electrons. The van der Waals surface area contributed by atoms with Crippen molar-refractivity contribution >= 4 is 12.1 Å². The molecule has 0 amide bonds. The average molecular weight is 190 g/mol. The highest BCUT2D eigenvalue weighted by molar-refractivity contribution is 6.33. The molecule has 0 spiro atoms. The highest BCUT2D eigenvalue weighted by atomic mass is 16.2. The van der Waals surface area contributed by atoms with E-state index in [1.54, 1.807) is 18.2 Å². The molecule has 2 nitrogen and oxygen atoms in total. The van der Waals surface area contributed by atoms with Crippen LogP contribution in [0.25, 0.3) is 0 Å². The highest BCUT2D eigenvalue weighted by Gasteiger charge is 2.34. The molecule has 0 fully saturated rings. The molecule has 0 heterocycles. The van der Waals surface area contributed by atoms with Gasteiger partial charge in [-0.25, -0.2) is 0 Å². The molecule has 2 heteroatoms. The van der Waals surface area contributed by atoms with Crippen LogP contribution in [0.5, 0.6) is 0 Å². The smallest absolute Gasteiger partial charge is 0.221 e. The van der Waals surface area contributed by atoms with Gasteiger partial charge in [0.05, 0.1) is 0 Å². The minimum Gasteiger partial charge on any atom is -0.294 e. The molecule has 0 saturated carbocycles. The third-order valence-electron chi connectivity index (χ3n) is 2.74. The Morgan fingerprint density at radius 2 is 2.21 bits per heavy atom. The van der Waals surface area contributed by atoms with Gasteiger partial charge in [-0.05, 0) is 0 Å². The summed E-state index contributed by atoms with van der Waals surface area (Å²) < 4.78 is 0. The van der Waals surface area contributed by atoms with Crippen molar-refractivity contribution in [1.29, 1.82) is 0 Å². The molecule has 1 atom stereocenters. The normalized spacial score (nSPS) is 23.9. The molecule has 0 saturated heterocycles. The Bertz CT molecular complexity index is 332. The largest absolute Gasteiger partial charge is 0.294 e. The van der Waals surface area contributed by atoms with E-state index in [-0.39, 0.29) is 11.3 Å². The maximum atomic E-state index is 11.3. The zero-order valence-corrected chi connectivity index (χ0v) is 8.49. The van der Waals surface area contributed by atoms with Crippen LogP contribution in [0.3, 0.4) is 0 Å². The fourth-order valence-electron chi connectivity index (χ4n) is 1.74. The Morgan fingerprint density at radius 1 is 1.57 bits per heavy atom. The molecule has 0 aromatic heterocycles. The third-order valence-corrected chi connectivity index (χ3v) is 2.74. The van der Waals surface area contributed by atoms with Crippen LogP contribution in [0, 0.1) is 11.3 Å². The summed E-state index contributed by atoms with van der Waals surface area (Å²) >= 11 is 0. The van der Waals surface area contributed by atoms with Gasteiger partial charge in [0.25, 0.3) is 0 Å². The molecule has 0 aromatic carbocycles. The standard InChI is InChI=1S/C12H14O2/c1-4-9-6-5-7-10(11(14)8-13)12(9,2)3/h4-9H,1H2,2-3H3. The van der Waals surface area contributed by atoms with Crippen LogP contribution in [0.2, 0.25) is 0 Å². The molecule has 0 aliphatic heterocycles. The van der Waals surface area contributed by atoms with Crippen molar-refractivity contribution in [2.24, 2.45) is 11.3 Å². The molecular weight excluding hydrogens is 176 g/mol. The van der Waals surface area contributed by atoms with Crippen molar-refractivity contribution in [3.05, 3.63) is 36.5 Å². The van der Waals surface area contributed by atoms with Crippen LogP contribution >= 0.6 is 0 Å². The van der Waals surface area contributed by atoms with Crippen LogP contribution < -0.4 is 0 Å². The van der Waals surface area contributed by atoms with Gasteiger partial charge in [0.1, 0.15) is 0 Å². The van der Waals surface area contributed by atoms with Gasteiger partial charge in [-0.15, -0.1) is 6.58 Å². The second-order valence-corrected chi connectivity index (χ2v) is 3.93. The zero-order valence-electron chi connectivity index (χ0n) is 8.49. The number of carbonyl (C=O) groups excluding carboxylic acids is 2. The van der Waals surface area contributed by atoms with E-state index in [0.717, 1.165) is 0 Å². The van der Waals surface area contributed by atoms with Gasteiger partial charge in [0.2, 0.25) is 5.78 Å². The molecule has 1 aliphatic carbocycles. The lowest BCUT2D eigenvalue weighted by Gasteiger charge is -2.33. The van der Waals surface area contributed by atoms with Gasteiger partial charge in [-0.3, -0.25) is 9.59 Å². The Kier molecular flexibility index (Phi) is 2.84. The Hall–Kier alpha value is -1.44. The van der Waals surface area contributed by atoms with Gasteiger partial charge < -0.3 is 0 Å². The number of Topliss-reactive ketones (excluding diaryl/α,β-unsaturated/α-hetero) is 1.